The van der Waals surface area contributed by atoms with Crippen LogP contribution >= 0.6 is 0 Å². The number of hydrogen-bond acceptors (Lipinski definition) is 3. The predicted octanol–water partition coefficient (Wildman–Crippen LogP) is 1.85. The summed E-state index contributed by atoms with van der Waals surface area (Å²) in [4.78, 5) is 25.2. The number of H-pyrrole nitrogens is 1. The molecule has 0 spiro atoms. The third kappa shape index (κ3) is 3.95. The molecule has 1 aromatic heterocycles. The summed E-state index contributed by atoms with van der Waals surface area (Å²) in [6, 6.07) is 6.89. The Morgan fingerprint density at radius 3 is 2.77 bits per heavy atom. The molecule has 3 rings (SSSR count). The molecule has 10 heteroatoms. The molecule has 7 nitrogen and oxygen atoms in total. The highest BCUT2D eigenvalue weighted by Gasteiger charge is 2.33. The van der Waals surface area contributed by atoms with Crippen molar-refractivity contribution in [2.45, 2.75) is 6.18 Å². The molecule has 138 valence electrons. The van der Waals surface area contributed by atoms with Gasteiger partial charge in [-0.2, -0.15) is 18.3 Å². The molecule has 1 aliphatic heterocycles. The molecule has 1 aliphatic rings. The van der Waals surface area contributed by atoms with Crippen molar-refractivity contribution in [2.75, 3.05) is 26.2 Å². The third-order valence-electron chi connectivity index (χ3n) is 3.92. The van der Waals surface area contributed by atoms with E-state index in [-0.39, 0.29) is 24.2 Å². The van der Waals surface area contributed by atoms with Gasteiger partial charge >= 0.3 is 12.2 Å². The number of aromatic nitrogens is 2. The van der Waals surface area contributed by atoms with Gasteiger partial charge in [-0.05, 0) is 18.2 Å². The van der Waals surface area contributed by atoms with Gasteiger partial charge in [-0.3, -0.25) is 9.89 Å². The number of urea groups is 1. The van der Waals surface area contributed by atoms with Gasteiger partial charge in [-0.25, -0.2) is 4.79 Å². The molecule has 2 aromatic rings. The first-order chi connectivity index (χ1) is 12.3. The van der Waals surface area contributed by atoms with Crippen molar-refractivity contribution >= 4 is 11.9 Å². The maximum atomic E-state index is 12.7. The van der Waals surface area contributed by atoms with Crippen LogP contribution in [0.4, 0.5) is 18.0 Å². The van der Waals surface area contributed by atoms with E-state index in [1.54, 1.807) is 23.1 Å². The average Bonchev–Trinajstić information content (AvgIpc) is 3.24. The van der Waals surface area contributed by atoms with Crippen LogP contribution in [-0.2, 0) is 6.18 Å². The second-order valence-corrected chi connectivity index (χ2v) is 5.72. The molecule has 0 aliphatic carbocycles. The average molecular weight is 367 g/mol. The van der Waals surface area contributed by atoms with Crippen molar-refractivity contribution in [2.24, 2.45) is 0 Å². The Morgan fingerprint density at radius 1 is 1.31 bits per heavy atom. The van der Waals surface area contributed by atoms with Crippen LogP contribution in [0.3, 0.4) is 0 Å². The Morgan fingerprint density at radius 2 is 2.12 bits per heavy atom. The number of aromatic amines is 1. The van der Waals surface area contributed by atoms with Gasteiger partial charge < -0.3 is 15.5 Å². The molecule has 26 heavy (non-hydrogen) atoms. The Labute approximate surface area is 146 Å². The normalized spacial score (nSPS) is 14.4. The summed E-state index contributed by atoms with van der Waals surface area (Å²) in [7, 11) is 0. The zero-order chi connectivity index (χ0) is 18.7. The fourth-order valence-corrected chi connectivity index (χ4v) is 2.57. The molecule has 1 fully saturated rings. The lowest BCUT2D eigenvalue weighted by Gasteiger charge is -2.14. The first-order valence-corrected chi connectivity index (χ1v) is 7.88. The first kappa shape index (κ1) is 17.8. The molecule has 1 saturated heterocycles. The Balaban J connectivity index is 1.64. The SMILES string of the molecule is O=C(NCCN1CCNC1=O)c1cccc(-c2cc(C(F)(F)F)[nH]n2)c1. The number of carbonyl (C=O) groups is 2. The summed E-state index contributed by atoms with van der Waals surface area (Å²) in [5, 5.41) is 10.9. The monoisotopic (exact) mass is 367 g/mol. The second-order valence-electron chi connectivity index (χ2n) is 5.72. The van der Waals surface area contributed by atoms with Crippen molar-refractivity contribution in [3.63, 3.8) is 0 Å². The zero-order valence-electron chi connectivity index (χ0n) is 13.6. The zero-order valence-corrected chi connectivity index (χ0v) is 13.6. The molecule has 0 atom stereocenters. The smallest absolute Gasteiger partial charge is 0.350 e. The topological polar surface area (TPSA) is 90.1 Å². The van der Waals surface area contributed by atoms with E-state index in [0.717, 1.165) is 6.07 Å². The maximum Gasteiger partial charge on any atom is 0.432 e. The highest BCUT2D eigenvalue weighted by atomic mass is 19.4. The van der Waals surface area contributed by atoms with Crippen LogP contribution in [0.5, 0.6) is 0 Å². The summed E-state index contributed by atoms with van der Waals surface area (Å²) in [6.07, 6.45) is -4.51. The van der Waals surface area contributed by atoms with Crippen LogP contribution in [0.1, 0.15) is 16.1 Å². The van der Waals surface area contributed by atoms with Gasteiger partial charge in [-0.1, -0.05) is 12.1 Å². The number of nitrogens with one attached hydrogen (secondary N) is 3. The Kier molecular flexibility index (Phi) is 4.83. The number of halogens is 3. The molecule has 0 saturated carbocycles. The van der Waals surface area contributed by atoms with E-state index in [1.807, 2.05) is 5.10 Å². The van der Waals surface area contributed by atoms with E-state index in [9.17, 15) is 22.8 Å². The van der Waals surface area contributed by atoms with Gasteiger partial charge in [0.25, 0.3) is 5.91 Å². The van der Waals surface area contributed by atoms with Gasteiger partial charge in [0.1, 0.15) is 5.69 Å². The van der Waals surface area contributed by atoms with Gasteiger partial charge in [-0.15, -0.1) is 0 Å². The molecule has 2 heterocycles. The molecule has 0 unspecified atom stereocenters. The minimum atomic E-state index is -4.51. The quantitative estimate of drug-likeness (QED) is 0.753. The van der Waals surface area contributed by atoms with Crippen LogP contribution < -0.4 is 10.6 Å². The van der Waals surface area contributed by atoms with Gasteiger partial charge in [0.05, 0.1) is 5.69 Å². The Hall–Kier alpha value is -3.04. The highest BCUT2D eigenvalue weighted by Crippen LogP contribution is 2.30. The first-order valence-electron chi connectivity index (χ1n) is 7.88. The highest BCUT2D eigenvalue weighted by molar-refractivity contribution is 5.95. The van der Waals surface area contributed by atoms with Crippen molar-refractivity contribution in [1.29, 1.82) is 0 Å². The van der Waals surface area contributed by atoms with Gasteiger partial charge in [0.2, 0.25) is 0 Å². The fraction of sp³-hybridized carbons (Fsp3) is 0.312. The molecular weight excluding hydrogens is 351 g/mol. The predicted molar refractivity (Wildman–Crippen MR) is 86.3 cm³/mol. The van der Waals surface area contributed by atoms with E-state index in [2.05, 4.69) is 15.7 Å². The van der Waals surface area contributed by atoms with Crippen molar-refractivity contribution in [1.82, 2.24) is 25.7 Å². The maximum absolute atomic E-state index is 12.7. The van der Waals surface area contributed by atoms with Gasteiger partial charge in [0.15, 0.2) is 0 Å². The van der Waals surface area contributed by atoms with E-state index in [4.69, 9.17) is 0 Å². The standard InChI is InChI=1S/C16H16F3N5O2/c17-16(18,19)13-9-12(22-23-13)10-2-1-3-11(8-10)14(25)20-4-6-24-7-5-21-15(24)26/h1-3,8-9H,4-7H2,(H,20,25)(H,21,26)(H,22,23). The number of carbonyl (C=O) groups excluding carboxylic acids is 2. The second kappa shape index (κ2) is 7.06. The van der Waals surface area contributed by atoms with Crippen LogP contribution in [-0.4, -0.2) is 53.2 Å². The van der Waals surface area contributed by atoms with Crippen molar-refractivity contribution in [3.05, 3.63) is 41.6 Å². The lowest BCUT2D eigenvalue weighted by molar-refractivity contribution is -0.141. The van der Waals surface area contributed by atoms with E-state index >= 15 is 0 Å². The minimum absolute atomic E-state index is 0.0979. The molecule has 0 radical (unpaired) electrons. The number of amides is 3. The van der Waals surface area contributed by atoms with Crippen LogP contribution in [0.15, 0.2) is 30.3 Å². The molecular formula is C16H16F3N5O2. The van der Waals surface area contributed by atoms with Crippen molar-refractivity contribution < 1.29 is 22.8 Å². The number of benzene rings is 1. The summed E-state index contributed by atoms with van der Waals surface area (Å²) < 4.78 is 38.0. The van der Waals surface area contributed by atoms with E-state index in [1.165, 1.54) is 6.07 Å². The summed E-state index contributed by atoms with van der Waals surface area (Å²) in [5.41, 5.74) is -0.166. The summed E-state index contributed by atoms with van der Waals surface area (Å²) in [6.45, 7) is 1.83. The molecule has 0 bridgehead atoms. The van der Waals surface area contributed by atoms with Crippen LogP contribution in [0.2, 0.25) is 0 Å². The van der Waals surface area contributed by atoms with E-state index in [0.29, 0.717) is 30.8 Å². The van der Waals surface area contributed by atoms with Crippen LogP contribution in [0, 0.1) is 0 Å². The third-order valence-corrected chi connectivity index (χ3v) is 3.92. The minimum Gasteiger partial charge on any atom is -0.350 e. The summed E-state index contributed by atoms with van der Waals surface area (Å²) >= 11 is 0. The number of nitrogens with zero attached hydrogens (tertiary/aromatic N) is 2. The summed E-state index contributed by atoms with van der Waals surface area (Å²) in [5.74, 6) is -0.377. The molecule has 3 N–H and O–H groups in total. The van der Waals surface area contributed by atoms with Crippen molar-refractivity contribution in [3.8, 4) is 11.3 Å². The lowest BCUT2D eigenvalue weighted by atomic mass is 10.1. The molecule has 1 aromatic carbocycles. The van der Waals surface area contributed by atoms with Crippen LogP contribution in [0.25, 0.3) is 11.3 Å². The number of hydrogen-bond donors (Lipinski definition) is 3. The number of alkyl halides is 3. The Bertz CT molecular complexity index is 818. The molecule has 3 amide bonds. The number of rotatable bonds is 5. The largest absolute Gasteiger partial charge is 0.432 e. The lowest BCUT2D eigenvalue weighted by Crippen LogP contribution is -2.36. The van der Waals surface area contributed by atoms with Gasteiger partial charge in [0, 0.05) is 37.3 Å². The van der Waals surface area contributed by atoms with E-state index < -0.39 is 11.9 Å². The fourth-order valence-electron chi connectivity index (χ4n) is 2.57.